The van der Waals surface area contributed by atoms with E-state index in [1.807, 2.05) is 11.3 Å². The molecule has 0 radical (unpaired) electrons. The van der Waals surface area contributed by atoms with Crippen LogP contribution in [0.3, 0.4) is 0 Å². The smallest absolute Gasteiger partial charge is 0.0900 e. The summed E-state index contributed by atoms with van der Waals surface area (Å²) >= 11 is 1.83. The zero-order valence-corrected chi connectivity index (χ0v) is 11.8. The second-order valence-corrected chi connectivity index (χ2v) is 5.88. The van der Waals surface area contributed by atoms with Crippen molar-refractivity contribution in [3.8, 4) is 0 Å². The van der Waals surface area contributed by atoms with Crippen molar-refractivity contribution < 1.29 is 0 Å². The maximum absolute atomic E-state index is 4.45. The highest BCUT2D eigenvalue weighted by Gasteiger charge is 2.04. The molecule has 1 rings (SSSR count). The van der Waals surface area contributed by atoms with Crippen molar-refractivity contribution in [1.29, 1.82) is 0 Å². The van der Waals surface area contributed by atoms with Gasteiger partial charge in [-0.3, -0.25) is 0 Å². The molecular weight excluding hydrogens is 216 g/mol. The van der Waals surface area contributed by atoms with Gasteiger partial charge >= 0.3 is 0 Å². The van der Waals surface area contributed by atoms with Gasteiger partial charge in [-0.25, -0.2) is 4.98 Å². The fraction of sp³-hybridized carbons (Fsp3) is 0.769. The van der Waals surface area contributed by atoms with E-state index in [1.165, 1.54) is 28.4 Å². The van der Waals surface area contributed by atoms with Crippen LogP contribution in [0.5, 0.6) is 0 Å². The van der Waals surface area contributed by atoms with Crippen molar-refractivity contribution in [2.24, 2.45) is 5.92 Å². The molecule has 0 aliphatic heterocycles. The van der Waals surface area contributed by atoms with Crippen LogP contribution in [-0.4, -0.2) is 18.1 Å². The summed E-state index contributed by atoms with van der Waals surface area (Å²) in [7, 11) is 0. The topological polar surface area (TPSA) is 24.9 Å². The molecule has 0 fully saturated rings. The molecule has 0 aliphatic rings. The zero-order chi connectivity index (χ0) is 12.0. The van der Waals surface area contributed by atoms with E-state index in [0.717, 1.165) is 25.4 Å². The van der Waals surface area contributed by atoms with Crippen molar-refractivity contribution in [1.82, 2.24) is 10.3 Å². The molecule has 0 spiro atoms. The van der Waals surface area contributed by atoms with Gasteiger partial charge < -0.3 is 5.32 Å². The second kappa shape index (κ2) is 7.02. The third kappa shape index (κ3) is 4.62. The van der Waals surface area contributed by atoms with Crippen molar-refractivity contribution in [3.63, 3.8) is 0 Å². The third-order valence-corrected chi connectivity index (χ3v) is 3.94. The van der Waals surface area contributed by atoms with E-state index in [9.17, 15) is 0 Å². The molecule has 1 heterocycles. The molecular formula is C13H24N2S. The molecule has 92 valence electrons. The highest BCUT2D eigenvalue weighted by molar-refractivity contribution is 7.11. The van der Waals surface area contributed by atoms with E-state index in [0.29, 0.717) is 0 Å². The summed E-state index contributed by atoms with van der Waals surface area (Å²) in [4.78, 5) is 5.88. The molecule has 1 aromatic rings. The molecule has 0 aromatic carbocycles. The van der Waals surface area contributed by atoms with E-state index in [1.54, 1.807) is 0 Å². The Kier molecular flexibility index (Phi) is 5.99. The Morgan fingerprint density at radius 1 is 1.38 bits per heavy atom. The summed E-state index contributed by atoms with van der Waals surface area (Å²) < 4.78 is 0. The predicted molar refractivity (Wildman–Crippen MR) is 72.2 cm³/mol. The van der Waals surface area contributed by atoms with Gasteiger partial charge in [-0.1, -0.05) is 20.3 Å². The van der Waals surface area contributed by atoms with Crippen molar-refractivity contribution in [2.45, 2.75) is 47.0 Å². The lowest BCUT2D eigenvalue weighted by molar-refractivity contribution is 0.478. The summed E-state index contributed by atoms with van der Waals surface area (Å²) in [6.07, 6.45) is 3.73. The SMILES string of the molecule is CCCC(C)CNCCc1sc(C)nc1C. The van der Waals surface area contributed by atoms with Crippen LogP contribution in [0.1, 0.15) is 42.3 Å². The Labute approximate surface area is 103 Å². The maximum atomic E-state index is 4.45. The number of thiazole rings is 1. The van der Waals surface area contributed by atoms with Gasteiger partial charge in [0, 0.05) is 11.4 Å². The van der Waals surface area contributed by atoms with E-state index in [2.05, 4.69) is 38.0 Å². The fourth-order valence-electron chi connectivity index (χ4n) is 1.95. The van der Waals surface area contributed by atoms with Gasteiger partial charge in [-0.2, -0.15) is 0 Å². The van der Waals surface area contributed by atoms with Crippen LogP contribution in [0.25, 0.3) is 0 Å². The van der Waals surface area contributed by atoms with E-state index < -0.39 is 0 Å². The van der Waals surface area contributed by atoms with Crippen LogP contribution >= 0.6 is 11.3 Å². The number of hydrogen-bond acceptors (Lipinski definition) is 3. The molecule has 2 nitrogen and oxygen atoms in total. The fourth-order valence-corrected chi connectivity index (χ4v) is 2.89. The quantitative estimate of drug-likeness (QED) is 0.740. The number of aryl methyl sites for hydroxylation is 2. The Bertz CT molecular complexity index is 307. The zero-order valence-electron chi connectivity index (χ0n) is 11.0. The van der Waals surface area contributed by atoms with Crippen molar-refractivity contribution in [3.05, 3.63) is 15.6 Å². The van der Waals surface area contributed by atoms with Gasteiger partial charge in [0.2, 0.25) is 0 Å². The maximum Gasteiger partial charge on any atom is 0.0900 e. The van der Waals surface area contributed by atoms with Crippen molar-refractivity contribution >= 4 is 11.3 Å². The van der Waals surface area contributed by atoms with Crippen LogP contribution in [0.2, 0.25) is 0 Å². The molecule has 3 heteroatoms. The van der Waals surface area contributed by atoms with Gasteiger partial charge in [-0.05, 0) is 39.2 Å². The Balaban J connectivity index is 2.18. The molecule has 1 aromatic heterocycles. The first kappa shape index (κ1) is 13.7. The van der Waals surface area contributed by atoms with Crippen molar-refractivity contribution in [2.75, 3.05) is 13.1 Å². The highest BCUT2D eigenvalue weighted by Crippen LogP contribution is 2.17. The van der Waals surface area contributed by atoms with Gasteiger partial charge in [0.25, 0.3) is 0 Å². The van der Waals surface area contributed by atoms with Gasteiger partial charge in [0.05, 0.1) is 10.7 Å². The predicted octanol–water partition coefficient (Wildman–Crippen LogP) is 3.33. The largest absolute Gasteiger partial charge is 0.316 e. The lowest BCUT2D eigenvalue weighted by atomic mass is 10.1. The molecule has 0 amide bonds. The highest BCUT2D eigenvalue weighted by atomic mass is 32.1. The first-order valence-corrected chi connectivity index (χ1v) is 7.08. The van der Waals surface area contributed by atoms with E-state index >= 15 is 0 Å². The third-order valence-electron chi connectivity index (χ3n) is 2.80. The minimum absolute atomic E-state index is 0.800. The monoisotopic (exact) mass is 240 g/mol. The number of nitrogens with one attached hydrogen (secondary N) is 1. The number of nitrogens with zero attached hydrogens (tertiary/aromatic N) is 1. The van der Waals surface area contributed by atoms with Crippen LogP contribution in [-0.2, 0) is 6.42 Å². The van der Waals surface area contributed by atoms with E-state index in [4.69, 9.17) is 0 Å². The number of hydrogen-bond donors (Lipinski definition) is 1. The normalized spacial score (nSPS) is 13.0. The minimum atomic E-state index is 0.800. The lowest BCUT2D eigenvalue weighted by Crippen LogP contribution is -2.23. The summed E-state index contributed by atoms with van der Waals surface area (Å²) in [5.74, 6) is 0.800. The molecule has 1 atom stereocenters. The van der Waals surface area contributed by atoms with Crippen LogP contribution in [0.4, 0.5) is 0 Å². The standard InChI is InChI=1S/C13H24N2S/c1-5-6-10(2)9-14-8-7-13-11(3)15-12(4)16-13/h10,14H,5-9H2,1-4H3. The minimum Gasteiger partial charge on any atom is -0.316 e. The Morgan fingerprint density at radius 3 is 2.69 bits per heavy atom. The average molecular weight is 240 g/mol. The van der Waals surface area contributed by atoms with Gasteiger partial charge in [0.15, 0.2) is 0 Å². The van der Waals surface area contributed by atoms with Gasteiger partial charge in [0.1, 0.15) is 0 Å². The molecule has 0 saturated heterocycles. The second-order valence-electron chi connectivity index (χ2n) is 4.59. The van der Waals surface area contributed by atoms with Crippen LogP contribution in [0.15, 0.2) is 0 Å². The summed E-state index contributed by atoms with van der Waals surface area (Å²) in [6, 6.07) is 0. The first-order valence-electron chi connectivity index (χ1n) is 6.27. The summed E-state index contributed by atoms with van der Waals surface area (Å²) in [6.45, 7) is 11.0. The molecule has 1 N–H and O–H groups in total. The van der Waals surface area contributed by atoms with Crippen LogP contribution < -0.4 is 5.32 Å². The Hall–Kier alpha value is -0.410. The van der Waals surface area contributed by atoms with Crippen LogP contribution in [0, 0.1) is 19.8 Å². The van der Waals surface area contributed by atoms with Gasteiger partial charge in [-0.15, -0.1) is 11.3 Å². The molecule has 0 aliphatic carbocycles. The molecule has 0 bridgehead atoms. The summed E-state index contributed by atoms with van der Waals surface area (Å²) in [5.41, 5.74) is 1.21. The lowest BCUT2D eigenvalue weighted by Gasteiger charge is -2.10. The number of rotatable bonds is 7. The first-order chi connectivity index (χ1) is 7.63. The molecule has 1 unspecified atom stereocenters. The molecule has 0 saturated carbocycles. The molecule has 16 heavy (non-hydrogen) atoms. The Morgan fingerprint density at radius 2 is 2.12 bits per heavy atom. The average Bonchev–Trinajstić information content (AvgIpc) is 2.53. The summed E-state index contributed by atoms with van der Waals surface area (Å²) in [5, 5.41) is 4.72. The number of aromatic nitrogens is 1. The van der Waals surface area contributed by atoms with E-state index in [-0.39, 0.29) is 0 Å².